The van der Waals surface area contributed by atoms with Gasteiger partial charge in [0, 0.05) is 34.8 Å². The van der Waals surface area contributed by atoms with Crippen LogP contribution in [0.3, 0.4) is 0 Å². The van der Waals surface area contributed by atoms with Gasteiger partial charge >= 0.3 is 59.1 Å². The van der Waals surface area contributed by atoms with E-state index in [4.69, 9.17) is 5.73 Å². The maximum absolute atomic E-state index is 13.2. The van der Waals surface area contributed by atoms with Crippen LogP contribution in [0.5, 0.6) is 0 Å². The van der Waals surface area contributed by atoms with Crippen molar-refractivity contribution in [3.8, 4) is 11.1 Å². The van der Waals surface area contributed by atoms with Crippen LogP contribution in [-0.4, -0.2) is 28.5 Å². The number of nitrogens with two attached hydrogens (primary N) is 1. The van der Waals surface area contributed by atoms with Gasteiger partial charge in [0.2, 0.25) is 5.91 Å². The second-order valence-electron chi connectivity index (χ2n) is 10.9. The Hall–Kier alpha value is -0.970. The quantitative estimate of drug-likeness (QED) is 0.248. The standard InChI is InChI=1S/C27H32N3O6P.2Na/c1-27(2)14-23-25(20-5-3-4-6-22(20)30(23)24(31)15-27)16-7-12-19(26(28)32)21(13-16)29-17-8-10-18(11-9-17)36-37(33,34)35;;/h3-7,12-13,17-18,29H,8-11,14-15H2,1-2H3,(H2,28,32)(H2,33,34,35);;/q;2*+1/p-2. The van der Waals surface area contributed by atoms with Crippen LogP contribution in [0.15, 0.2) is 42.5 Å². The molecule has 9 nitrogen and oxygen atoms in total. The molecule has 3 aromatic rings. The molecular weight excluding hydrogens is 539 g/mol. The summed E-state index contributed by atoms with van der Waals surface area (Å²) in [5.74, 6) is -0.495. The van der Waals surface area contributed by atoms with Crippen molar-refractivity contribution in [3.63, 3.8) is 0 Å². The molecular formula is C27H30N3Na2O6P. The van der Waals surface area contributed by atoms with Crippen LogP contribution in [0.2, 0.25) is 0 Å². The van der Waals surface area contributed by atoms with Crippen molar-refractivity contribution in [2.75, 3.05) is 5.32 Å². The Kier molecular flexibility index (Phi) is 10.4. The third-order valence-electron chi connectivity index (χ3n) is 7.38. The summed E-state index contributed by atoms with van der Waals surface area (Å²) >= 11 is 0. The summed E-state index contributed by atoms with van der Waals surface area (Å²) in [5.41, 5.74) is 10.1. The van der Waals surface area contributed by atoms with Crippen molar-refractivity contribution in [3.05, 3.63) is 53.7 Å². The zero-order valence-electron chi connectivity index (χ0n) is 22.9. The molecule has 1 aliphatic heterocycles. The van der Waals surface area contributed by atoms with Crippen LogP contribution in [-0.2, 0) is 15.5 Å². The summed E-state index contributed by atoms with van der Waals surface area (Å²) in [7, 11) is -5.03. The Balaban J connectivity index is 0.00000210. The number of rotatable bonds is 6. The van der Waals surface area contributed by atoms with E-state index in [9.17, 15) is 23.9 Å². The summed E-state index contributed by atoms with van der Waals surface area (Å²) in [6.07, 6.45) is 2.53. The fourth-order valence-corrected chi connectivity index (χ4v) is 6.40. The maximum Gasteiger partial charge on any atom is 1.00 e. The Morgan fingerprint density at radius 1 is 1.08 bits per heavy atom. The summed E-state index contributed by atoms with van der Waals surface area (Å²) in [6, 6.07) is 13.3. The van der Waals surface area contributed by atoms with Gasteiger partial charge in [-0.1, -0.05) is 38.1 Å². The summed E-state index contributed by atoms with van der Waals surface area (Å²) in [5, 5.41) is 4.39. The largest absolute Gasteiger partial charge is 1.00 e. The van der Waals surface area contributed by atoms with Gasteiger partial charge in [0.1, 0.15) is 0 Å². The minimum Gasteiger partial charge on any atom is -0.790 e. The Bertz CT molecular complexity index is 1440. The van der Waals surface area contributed by atoms with Gasteiger partial charge in [0.15, 0.2) is 0 Å². The minimum absolute atomic E-state index is 0. The second kappa shape index (κ2) is 12.5. The molecule has 3 N–H and O–H groups in total. The second-order valence-corrected chi connectivity index (χ2v) is 12.0. The first-order valence-electron chi connectivity index (χ1n) is 12.5. The topological polar surface area (TPSA) is 150 Å². The number of aromatic nitrogens is 1. The van der Waals surface area contributed by atoms with Crippen LogP contribution in [0.4, 0.5) is 5.69 Å². The average Bonchev–Trinajstić information content (AvgIpc) is 3.12. The van der Waals surface area contributed by atoms with E-state index in [-0.39, 0.29) is 76.5 Å². The third-order valence-corrected chi connectivity index (χ3v) is 7.94. The first kappa shape index (κ1) is 32.5. The molecule has 2 aliphatic rings. The van der Waals surface area contributed by atoms with Crippen molar-refractivity contribution < 1.29 is 87.6 Å². The first-order valence-corrected chi connectivity index (χ1v) is 13.9. The number of carbonyl (C=O) groups is 2. The molecule has 1 amide bonds. The zero-order chi connectivity index (χ0) is 26.5. The number of hydrogen-bond acceptors (Lipinski definition) is 7. The van der Waals surface area contributed by atoms with Crippen LogP contribution in [0.25, 0.3) is 22.0 Å². The molecule has 2 aromatic carbocycles. The third kappa shape index (κ3) is 7.09. The normalized spacial score (nSPS) is 20.5. The van der Waals surface area contributed by atoms with E-state index in [2.05, 4.69) is 23.7 Å². The summed E-state index contributed by atoms with van der Waals surface area (Å²) in [6.45, 7) is 4.19. The number of nitrogens with zero attached hydrogens (tertiary/aromatic N) is 1. The van der Waals surface area contributed by atoms with E-state index in [1.54, 1.807) is 6.07 Å². The SMILES string of the molecule is CC1(C)CC(=O)n2c(c(-c3ccc(C(N)=O)c(NC4CCC(OP(=O)([O-])[O-])CC4)c3)c3ccccc32)C1.[Na+].[Na+]. The van der Waals surface area contributed by atoms with Crippen molar-refractivity contribution in [2.45, 2.75) is 64.5 Å². The van der Waals surface area contributed by atoms with Crippen LogP contribution < -0.4 is 80.0 Å². The molecule has 0 bridgehead atoms. The summed E-state index contributed by atoms with van der Waals surface area (Å²) < 4.78 is 17.4. The Morgan fingerprint density at radius 2 is 1.74 bits per heavy atom. The molecule has 1 aliphatic carbocycles. The van der Waals surface area contributed by atoms with Crippen molar-refractivity contribution >= 4 is 36.2 Å². The van der Waals surface area contributed by atoms with E-state index in [1.807, 2.05) is 41.0 Å². The molecule has 0 spiro atoms. The summed E-state index contributed by atoms with van der Waals surface area (Å²) in [4.78, 5) is 47.3. The Morgan fingerprint density at radius 3 is 2.38 bits per heavy atom. The zero-order valence-corrected chi connectivity index (χ0v) is 27.8. The molecule has 39 heavy (non-hydrogen) atoms. The molecule has 0 radical (unpaired) electrons. The molecule has 1 fully saturated rings. The van der Waals surface area contributed by atoms with Gasteiger partial charge in [0.05, 0.1) is 25.0 Å². The van der Waals surface area contributed by atoms with Gasteiger partial charge in [-0.3, -0.25) is 14.2 Å². The number of phosphoric acid groups is 1. The Labute approximate surface area is 272 Å². The molecule has 0 atom stereocenters. The van der Waals surface area contributed by atoms with Crippen molar-refractivity contribution in [2.24, 2.45) is 11.1 Å². The fraction of sp³-hybridized carbons (Fsp3) is 0.407. The number of para-hydroxylation sites is 1. The van der Waals surface area contributed by atoms with Crippen LogP contribution in [0.1, 0.15) is 66.8 Å². The van der Waals surface area contributed by atoms with Gasteiger partial charge in [-0.25, -0.2) is 0 Å². The molecule has 0 unspecified atom stereocenters. The number of nitrogens with one attached hydrogen (secondary N) is 1. The molecule has 1 aromatic heterocycles. The number of phosphoric ester groups is 1. The van der Waals surface area contributed by atoms with E-state index >= 15 is 0 Å². The first-order chi connectivity index (χ1) is 17.4. The molecule has 2 heterocycles. The molecule has 1 saturated carbocycles. The van der Waals surface area contributed by atoms with Gasteiger partial charge in [0.25, 0.3) is 5.91 Å². The monoisotopic (exact) mass is 569 g/mol. The number of amides is 1. The van der Waals surface area contributed by atoms with Crippen LogP contribution in [0, 0.1) is 5.41 Å². The van der Waals surface area contributed by atoms with Gasteiger partial charge in [-0.05, 0) is 61.3 Å². The van der Waals surface area contributed by atoms with Crippen molar-refractivity contribution in [1.82, 2.24) is 4.57 Å². The van der Waals surface area contributed by atoms with Gasteiger partial charge in [-0.15, -0.1) is 0 Å². The molecule has 196 valence electrons. The number of carbonyl (C=O) groups excluding carboxylic acids is 2. The number of primary amides is 1. The molecule has 5 rings (SSSR count). The number of fused-ring (bicyclic) bond motifs is 3. The average molecular weight is 570 g/mol. The van der Waals surface area contributed by atoms with Gasteiger partial charge in [-0.2, -0.15) is 0 Å². The fourth-order valence-electron chi connectivity index (χ4n) is 5.82. The maximum atomic E-state index is 13.2. The van der Waals surface area contributed by atoms with E-state index < -0.39 is 19.8 Å². The smallest absolute Gasteiger partial charge is 0.790 e. The van der Waals surface area contributed by atoms with E-state index in [0.29, 0.717) is 43.4 Å². The predicted molar refractivity (Wildman–Crippen MR) is 137 cm³/mol. The predicted octanol–water partition coefficient (Wildman–Crippen LogP) is -2.40. The number of anilines is 1. The van der Waals surface area contributed by atoms with E-state index in [0.717, 1.165) is 34.1 Å². The molecule has 0 saturated heterocycles. The van der Waals surface area contributed by atoms with Gasteiger partial charge < -0.3 is 29.9 Å². The van der Waals surface area contributed by atoms with Crippen molar-refractivity contribution in [1.29, 1.82) is 0 Å². The van der Waals surface area contributed by atoms with E-state index in [1.165, 1.54) is 0 Å². The number of hydrogen-bond donors (Lipinski definition) is 2. The molecule has 12 heteroatoms. The van der Waals surface area contributed by atoms with Crippen LogP contribution >= 0.6 is 7.82 Å². The minimum atomic E-state index is -5.03. The number of benzene rings is 2.